The fourth-order valence-corrected chi connectivity index (χ4v) is 1.23. The van der Waals surface area contributed by atoms with Gasteiger partial charge in [0.05, 0.1) is 0 Å². The van der Waals surface area contributed by atoms with Crippen LogP contribution in [-0.4, -0.2) is 29.4 Å². The van der Waals surface area contributed by atoms with E-state index in [1.54, 1.807) is 14.0 Å². The fourth-order valence-electron chi connectivity index (χ4n) is 1.23. The van der Waals surface area contributed by atoms with Crippen molar-refractivity contribution < 1.29 is 14.7 Å². The van der Waals surface area contributed by atoms with Gasteiger partial charge < -0.3 is 20.2 Å². The number of rotatable bonds is 4. The summed E-state index contributed by atoms with van der Waals surface area (Å²) in [6.07, 6.45) is 0.773. The Balaban J connectivity index is 3.14. The van der Waals surface area contributed by atoms with E-state index < -0.39 is 5.97 Å². The number of carboxylic acid groups (broad SMARTS) is 1. The van der Waals surface area contributed by atoms with E-state index >= 15 is 0 Å². The average molecular weight is 196 g/mol. The van der Waals surface area contributed by atoms with Crippen LogP contribution in [0.2, 0.25) is 0 Å². The van der Waals surface area contributed by atoms with Gasteiger partial charge in [-0.25, -0.2) is 4.79 Å². The molecule has 1 heterocycles. The first-order chi connectivity index (χ1) is 6.60. The zero-order valence-corrected chi connectivity index (χ0v) is 8.00. The maximum absolute atomic E-state index is 10.6. The molecule has 0 aromatic carbocycles. The molecule has 3 N–H and O–H groups in total. The van der Waals surface area contributed by atoms with E-state index in [-0.39, 0.29) is 11.6 Å². The molecule has 0 radical (unpaired) electrons. The smallest absolute Gasteiger partial charge is 0.352 e. The van der Waals surface area contributed by atoms with Crippen LogP contribution in [0.15, 0.2) is 6.07 Å². The Morgan fingerprint density at radius 1 is 1.71 bits per heavy atom. The average Bonchev–Trinajstić information content (AvgIpc) is 2.60. The van der Waals surface area contributed by atoms with Crippen molar-refractivity contribution in [3.05, 3.63) is 17.3 Å². The normalized spacial score (nSPS) is 12.1. The molecule has 76 valence electrons. The van der Waals surface area contributed by atoms with E-state index in [0.29, 0.717) is 11.4 Å². The number of anilines is 1. The molecular formula is C9H12N2O3. The second-order valence-corrected chi connectivity index (χ2v) is 2.99. The summed E-state index contributed by atoms with van der Waals surface area (Å²) in [6, 6.07) is 1.47. The minimum atomic E-state index is -1.04. The van der Waals surface area contributed by atoms with Gasteiger partial charge in [-0.2, -0.15) is 0 Å². The summed E-state index contributed by atoms with van der Waals surface area (Å²) in [5, 5.41) is 11.5. The van der Waals surface area contributed by atoms with Crippen LogP contribution in [0.3, 0.4) is 0 Å². The molecule has 14 heavy (non-hydrogen) atoms. The first-order valence-electron chi connectivity index (χ1n) is 4.19. The van der Waals surface area contributed by atoms with Crippen LogP contribution in [-0.2, 0) is 4.79 Å². The summed E-state index contributed by atoms with van der Waals surface area (Å²) in [5.74, 6) is -0.783. The molecule has 1 unspecified atom stereocenters. The molecule has 0 fully saturated rings. The van der Waals surface area contributed by atoms with Crippen LogP contribution < -0.4 is 5.32 Å². The molecule has 0 saturated carbocycles. The van der Waals surface area contributed by atoms with Gasteiger partial charge in [0.15, 0.2) is 0 Å². The van der Waals surface area contributed by atoms with Crippen molar-refractivity contribution in [1.82, 2.24) is 4.98 Å². The molecule has 1 atom stereocenters. The lowest BCUT2D eigenvalue weighted by atomic mass is 10.1. The standard InChI is InChI=1S/C9H12N2O3/c1-5(4-12)6-3-7(9(13)14)11-8(6)10-2/h3-5,10-11H,1-2H3,(H,13,14). The number of carbonyl (C=O) groups is 2. The highest BCUT2D eigenvalue weighted by atomic mass is 16.4. The number of aromatic nitrogens is 1. The molecule has 0 aliphatic carbocycles. The Hall–Kier alpha value is -1.78. The molecule has 5 nitrogen and oxygen atoms in total. The maximum atomic E-state index is 10.6. The molecule has 5 heteroatoms. The summed E-state index contributed by atoms with van der Waals surface area (Å²) in [7, 11) is 1.67. The van der Waals surface area contributed by atoms with Crippen LogP contribution in [0.1, 0.15) is 28.9 Å². The predicted octanol–water partition coefficient (Wildman–Crippen LogP) is 1.06. The molecule has 0 aliphatic rings. The number of aromatic carboxylic acids is 1. The lowest BCUT2D eigenvalue weighted by molar-refractivity contribution is -0.108. The number of hydrogen-bond donors (Lipinski definition) is 3. The lowest BCUT2D eigenvalue weighted by Crippen LogP contribution is -1.98. The summed E-state index contributed by atoms with van der Waals surface area (Å²) < 4.78 is 0. The van der Waals surface area contributed by atoms with Gasteiger partial charge in [-0.05, 0) is 6.07 Å². The molecule has 0 bridgehead atoms. The minimum absolute atomic E-state index is 0.0815. The third-order valence-corrected chi connectivity index (χ3v) is 2.02. The highest BCUT2D eigenvalue weighted by molar-refractivity contribution is 5.87. The van der Waals surface area contributed by atoms with E-state index in [2.05, 4.69) is 10.3 Å². The van der Waals surface area contributed by atoms with Gasteiger partial charge in [0.1, 0.15) is 17.8 Å². The monoisotopic (exact) mass is 196 g/mol. The van der Waals surface area contributed by atoms with Gasteiger partial charge in [0, 0.05) is 18.5 Å². The van der Waals surface area contributed by atoms with Gasteiger partial charge >= 0.3 is 5.97 Å². The van der Waals surface area contributed by atoms with Crippen LogP contribution in [0.4, 0.5) is 5.82 Å². The van der Waals surface area contributed by atoms with Crippen molar-refractivity contribution in [2.24, 2.45) is 0 Å². The Kier molecular flexibility index (Phi) is 2.91. The van der Waals surface area contributed by atoms with Crippen molar-refractivity contribution in [2.45, 2.75) is 12.8 Å². The Bertz CT molecular complexity index is 357. The number of hydrogen-bond acceptors (Lipinski definition) is 3. The van der Waals surface area contributed by atoms with Crippen molar-refractivity contribution in [3.63, 3.8) is 0 Å². The van der Waals surface area contributed by atoms with Gasteiger partial charge in [-0.3, -0.25) is 0 Å². The topological polar surface area (TPSA) is 82.2 Å². The Morgan fingerprint density at radius 3 is 2.79 bits per heavy atom. The number of H-pyrrole nitrogens is 1. The van der Waals surface area contributed by atoms with E-state index in [0.717, 1.165) is 6.29 Å². The molecular weight excluding hydrogens is 184 g/mol. The summed E-state index contributed by atoms with van der Waals surface area (Å²) in [6.45, 7) is 1.71. The molecule has 0 amide bonds. The van der Waals surface area contributed by atoms with Crippen molar-refractivity contribution in [1.29, 1.82) is 0 Å². The summed E-state index contributed by atoms with van der Waals surface area (Å²) in [5.41, 5.74) is 0.748. The Labute approximate surface area is 81.1 Å². The van der Waals surface area contributed by atoms with E-state index in [4.69, 9.17) is 5.11 Å². The first kappa shape index (κ1) is 10.3. The van der Waals surface area contributed by atoms with E-state index in [1.165, 1.54) is 6.07 Å². The molecule has 1 aromatic heterocycles. The molecule has 0 aliphatic heterocycles. The highest BCUT2D eigenvalue weighted by Gasteiger charge is 2.15. The number of carbonyl (C=O) groups excluding carboxylic acids is 1. The van der Waals surface area contributed by atoms with Crippen LogP contribution in [0.25, 0.3) is 0 Å². The lowest BCUT2D eigenvalue weighted by Gasteiger charge is -2.03. The highest BCUT2D eigenvalue weighted by Crippen LogP contribution is 2.23. The molecule has 0 spiro atoms. The number of nitrogens with one attached hydrogen (secondary N) is 2. The molecule has 0 saturated heterocycles. The molecule has 1 rings (SSSR count). The summed E-state index contributed by atoms with van der Waals surface area (Å²) in [4.78, 5) is 23.9. The quantitative estimate of drug-likeness (QED) is 0.629. The van der Waals surface area contributed by atoms with Gasteiger partial charge in [0.25, 0.3) is 0 Å². The number of carboxylic acids is 1. The third kappa shape index (κ3) is 1.76. The third-order valence-electron chi connectivity index (χ3n) is 2.02. The first-order valence-corrected chi connectivity index (χ1v) is 4.19. The predicted molar refractivity (Wildman–Crippen MR) is 51.8 cm³/mol. The SMILES string of the molecule is CNc1[nH]c(C(=O)O)cc1C(C)C=O. The van der Waals surface area contributed by atoms with Gasteiger partial charge in [-0.1, -0.05) is 6.92 Å². The van der Waals surface area contributed by atoms with E-state index in [9.17, 15) is 9.59 Å². The van der Waals surface area contributed by atoms with Crippen molar-refractivity contribution in [3.8, 4) is 0 Å². The van der Waals surface area contributed by atoms with Crippen molar-refractivity contribution in [2.75, 3.05) is 12.4 Å². The van der Waals surface area contributed by atoms with Crippen LogP contribution in [0.5, 0.6) is 0 Å². The fraction of sp³-hybridized carbons (Fsp3) is 0.333. The maximum Gasteiger partial charge on any atom is 0.352 e. The molecule has 1 aromatic rings. The van der Waals surface area contributed by atoms with Crippen LogP contribution in [0, 0.1) is 0 Å². The largest absolute Gasteiger partial charge is 0.477 e. The second kappa shape index (κ2) is 3.95. The second-order valence-electron chi connectivity index (χ2n) is 2.99. The van der Waals surface area contributed by atoms with Gasteiger partial charge in [-0.15, -0.1) is 0 Å². The number of aromatic amines is 1. The Morgan fingerprint density at radius 2 is 2.36 bits per heavy atom. The van der Waals surface area contributed by atoms with Crippen LogP contribution >= 0.6 is 0 Å². The zero-order chi connectivity index (χ0) is 10.7. The zero-order valence-electron chi connectivity index (χ0n) is 8.00. The minimum Gasteiger partial charge on any atom is -0.477 e. The number of aldehydes is 1. The van der Waals surface area contributed by atoms with Crippen molar-refractivity contribution >= 4 is 18.1 Å². The summed E-state index contributed by atoms with van der Waals surface area (Å²) >= 11 is 0. The van der Waals surface area contributed by atoms with E-state index in [1.807, 2.05) is 0 Å². The van der Waals surface area contributed by atoms with Gasteiger partial charge in [0.2, 0.25) is 0 Å².